The van der Waals surface area contributed by atoms with E-state index in [2.05, 4.69) is 10.3 Å². The van der Waals surface area contributed by atoms with Crippen LogP contribution in [0.15, 0.2) is 83.4 Å². The second-order valence-corrected chi connectivity index (χ2v) is 8.96. The van der Waals surface area contributed by atoms with Gasteiger partial charge in [-0.2, -0.15) is 0 Å². The third-order valence-corrected chi connectivity index (χ3v) is 6.49. The summed E-state index contributed by atoms with van der Waals surface area (Å²) >= 11 is 12.3. The van der Waals surface area contributed by atoms with Crippen molar-refractivity contribution in [2.45, 2.75) is 12.1 Å². The number of nitrogens with one attached hydrogen (secondary N) is 1. The summed E-state index contributed by atoms with van der Waals surface area (Å²) in [6, 6.07) is 20.6. The summed E-state index contributed by atoms with van der Waals surface area (Å²) in [7, 11) is 1.61. The molecule has 0 bridgehead atoms. The van der Waals surface area contributed by atoms with Crippen molar-refractivity contribution >= 4 is 34.6 Å². The Kier molecular flexibility index (Phi) is 7.18. The molecule has 2 aromatic carbocycles. The minimum absolute atomic E-state index is 0.276. The van der Waals surface area contributed by atoms with Gasteiger partial charge in [-0.25, -0.2) is 4.39 Å². The van der Waals surface area contributed by atoms with Crippen molar-refractivity contribution < 1.29 is 18.3 Å². The lowest BCUT2D eigenvalue weighted by molar-refractivity contribution is 0.146. The van der Waals surface area contributed by atoms with Gasteiger partial charge in [-0.3, -0.25) is 4.98 Å². The predicted molar refractivity (Wildman–Crippen MR) is 141 cm³/mol. The molecule has 5 rings (SSSR count). The normalized spacial score (nSPS) is 17.3. The lowest BCUT2D eigenvalue weighted by Crippen LogP contribution is -2.29. The number of furan rings is 1. The summed E-state index contributed by atoms with van der Waals surface area (Å²) in [5.74, 6) is 1.56. The SMILES string of the molecule is COCCOc1ccc(N2C(=S)N[C@@H](c3ccccn3)[C@H]2c2ccc(-c3ccc(F)cc3)o2)cc1Cl. The third-order valence-electron chi connectivity index (χ3n) is 5.88. The fourth-order valence-electron chi connectivity index (χ4n) is 4.19. The number of anilines is 1. The third kappa shape index (κ3) is 4.93. The zero-order valence-electron chi connectivity index (χ0n) is 19.4. The van der Waals surface area contributed by atoms with Gasteiger partial charge >= 0.3 is 0 Å². The van der Waals surface area contributed by atoms with Gasteiger partial charge in [0.2, 0.25) is 0 Å². The van der Waals surface area contributed by atoms with Gasteiger partial charge in [0.1, 0.15) is 35.7 Å². The zero-order chi connectivity index (χ0) is 25.1. The molecule has 1 saturated heterocycles. The Hall–Kier alpha value is -3.46. The molecule has 1 aliphatic rings. The lowest BCUT2D eigenvalue weighted by atomic mass is 10.0. The topological polar surface area (TPSA) is 59.8 Å². The number of hydrogen-bond donors (Lipinski definition) is 1. The quantitative estimate of drug-likeness (QED) is 0.214. The highest BCUT2D eigenvalue weighted by Gasteiger charge is 2.42. The van der Waals surface area contributed by atoms with Gasteiger partial charge in [0, 0.05) is 24.6 Å². The smallest absolute Gasteiger partial charge is 0.174 e. The van der Waals surface area contributed by atoms with Crippen LogP contribution in [0.1, 0.15) is 23.5 Å². The average molecular weight is 524 g/mol. The molecule has 0 spiro atoms. The monoisotopic (exact) mass is 523 g/mol. The lowest BCUT2D eigenvalue weighted by Gasteiger charge is -2.26. The number of benzene rings is 2. The number of rotatable bonds is 8. The van der Waals surface area contributed by atoms with Crippen LogP contribution in [0.3, 0.4) is 0 Å². The van der Waals surface area contributed by atoms with E-state index in [-0.39, 0.29) is 17.9 Å². The van der Waals surface area contributed by atoms with Crippen molar-refractivity contribution in [1.29, 1.82) is 0 Å². The maximum Gasteiger partial charge on any atom is 0.174 e. The van der Waals surface area contributed by atoms with Crippen LogP contribution in [0.2, 0.25) is 5.02 Å². The van der Waals surface area contributed by atoms with E-state index in [9.17, 15) is 4.39 Å². The first-order valence-corrected chi connectivity index (χ1v) is 12.1. The van der Waals surface area contributed by atoms with Gasteiger partial charge in [0.15, 0.2) is 5.11 Å². The van der Waals surface area contributed by atoms with Gasteiger partial charge in [0.25, 0.3) is 0 Å². The molecule has 184 valence electrons. The second kappa shape index (κ2) is 10.7. The molecule has 1 N–H and O–H groups in total. The minimum Gasteiger partial charge on any atom is -0.490 e. The van der Waals surface area contributed by atoms with E-state index in [0.717, 1.165) is 16.9 Å². The molecule has 6 nitrogen and oxygen atoms in total. The summed E-state index contributed by atoms with van der Waals surface area (Å²) in [6.07, 6.45) is 1.74. The second-order valence-electron chi connectivity index (χ2n) is 8.16. The number of pyridine rings is 1. The van der Waals surface area contributed by atoms with Gasteiger partial charge in [-0.05, 0) is 78.9 Å². The molecule has 1 aliphatic heterocycles. The first-order chi connectivity index (χ1) is 17.5. The van der Waals surface area contributed by atoms with Crippen LogP contribution in [0.25, 0.3) is 11.3 Å². The Morgan fingerprint density at radius 2 is 1.92 bits per heavy atom. The predicted octanol–water partition coefficient (Wildman–Crippen LogP) is 6.34. The van der Waals surface area contributed by atoms with Crippen LogP contribution in [0.5, 0.6) is 5.75 Å². The maximum absolute atomic E-state index is 13.4. The molecule has 0 radical (unpaired) electrons. The van der Waals surface area contributed by atoms with Gasteiger partial charge < -0.3 is 24.1 Å². The van der Waals surface area contributed by atoms with Crippen LogP contribution in [0.4, 0.5) is 10.1 Å². The van der Waals surface area contributed by atoms with Crippen molar-refractivity contribution in [3.8, 4) is 17.1 Å². The van der Waals surface area contributed by atoms with E-state index in [1.54, 1.807) is 25.4 Å². The van der Waals surface area contributed by atoms with E-state index < -0.39 is 0 Å². The minimum atomic E-state index is -0.349. The molecule has 0 amide bonds. The van der Waals surface area contributed by atoms with Crippen LogP contribution >= 0.6 is 23.8 Å². The summed E-state index contributed by atoms with van der Waals surface area (Å²) in [4.78, 5) is 6.52. The summed E-state index contributed by atoms with van der Waals surface area (Å²) in [6.45, 7) is 0.850. The number of aromatic nitrogens is 1. The molecule has 0 aliphatic carbocycles. The van der Waals surface area contributed by atoms with Crippen molar-refractivity contribution in [2.75, 3.05) is 25.2 Å². The Morgan fingerprint density at radius 3 is 2.64 bits per heavy atom. The highest BCUT2D eigenvalue weighted by Crippen LogP contribution is 2.44. The standard InChI is InChI=1S/C27H23ClFN3O3S/c1-33-14-15-34-23-10-9-19(16-20(23)28)32-26(25(31-27(32)36)21-4-2-3-13-30-21)24-12-11-22(35-24)17-5-7-18(29)8-6-17/h2-13,16,25-26H,14-15H2,1H3,(H,31,36)/t25-,26+/m0/s1. The van der Waals surface area contributed by atoms with Crippen LogP contribution < -0.4 is 15.0 Å². The first-order valence-electron chi connectivity index (χ1n) is 11.3. The van der Waals surface area contributed by atoms with Crippen LogP contribution in [0, 0.1) is 5.82 Å². The van der Waals surface area contributed by atoms with E-state index >= 15 is 0 Å². The molecule has 0 saturated carbocycles. The van der Waals surface area contributed by atoms with Gasteiger partial charge in [-0.1, -0.05) is 17.7 Å². The zero-order valence-corrected chi connectivity index (χ0v) is 20.9. The molecular formula is C27H23ClFN3O3S. The number of hydrogen-bond acceptors (Lipinski definition) is 5. The highest BCUT2D eigenvalue weighted by molar-refractivity contribution is 7.80. The molecule has 3 heterocycles. The average Bonchev–Trinajstić information content (AvgIpc) is 3.51. The van der Waals surface area contributed by atoms with Crippen molar-refractivity contribution in [3.05, 3.63) is 101 Å². The van der Waals surface area contributed by atoms with Crippen molar-refractivity contribution in [1.82, 2.24) is 10.3 Å². The Bertz CT molecular complexity index is 1350. The number of halogens is 2. The fourth-order valence-corrected chi connectivity index (χ4v) is 4.77. The van der Waals surface area contributed by atoms with E-state index in [4.69, 9.17) is 37.7 Å². The largest absolute Gasteiger partial charge is 0.490 e. The van der Waals surface area contributed by atoms with Crippen molar-refractivity contribution in [2.24, 2.45) is 0 Å². The fraction of sp³-hybridized carbons (Fsp3) is 0.185. The molecule has 36 heavy (non-hydrogen) atoms. The Balaban J connectivity index is 1.52. The summed E-state index contributed by atoms with van der Waals surface area (Å²) in [5, 5.41) is 4.36. The van der Waals surface area contributed by atoms with Gasteiger partial charge in [0.05, 0.1) is 23.4 Å². The molecule has 1 fully saturated rings. The number of thiocarbonyl (C=S) groups is 1. The Labute approximate surface area is 218 Å². The summed E-state index contributed by atoms with van der Waals surface area (Å²) < 4.78 is 30.5. The van der Waals surface area contributed by atoms with Crippen molar-refractivity contribution in [3.63, 3.8) is 0 Å². The first kappa shape index (κ1) is 24.2. The highest BCUT2D eigenvalue weighted by atomic mass is 35.5. The molecule has 4 aromatic rings. The van der Waals surface area contributed by atoms with E-state index in [1.165, 1.54) is 12.1 Å². The molecule has 2 aromatic heterocycles. The van der Waals surface area contributed by atoms with Crippen LogP contribution in [-0.2, 0) is 4.74 Å². The van der Waals surface area contributed by atoms with Crippen LogP contribution in [-0.4, -0.2) is 30.4 Å². The Morgan fingerprint density at radius 1 is 1.08 bits per heavy atom. The molecule has 0 unspecified atom stereocenters. The summed E-state index contributed by atoms with van der Waals surface area (Å²) in [5.41, 5.74) is 2.37. The van der Waals surface area contributed by atoms with E-state index in [1.807, 2.05) is 53.4 Å². The number of methoxy groups -OCH3 is 1. The van der Waals surface area contributed by atoms with Gasteiger partial charge in [-0.15, -0.1) is 0 Å². The number of nitrogens with zero attached hydrogens (tertiary/aromatic N) is 2. The maximum atomic E-state index is 13.4. The van der Waals surface area contributed by atoms with E-state index in [0.29, 0.717) is 40.6 Å². The molecular weight excluding hydrogens is 501 g/mol. The molecule has 9 heteroatoms. The molecule has 2 atom stereocenters. The number of ether oxygens (including phenoxy) is 2.